The highest BCUT2D eigenvalue weighted by atomic mass is 35.5. The van der Waals surface area contributed by atoms with Gasteiger partial charge >= 0.3 is 0 Å². The molecule has 1 aliphatic rings. The standard InChI is InChI=1S/C17H23N3O.ClH/c1-12-3-5-14(6-4-12)17-9-15(21-19-17)11-20-8-7-16(18)13(2)10-20;/h3-6,9,13,16H,7-8,10-11,18H2,1-2H3;1H. The van der Waals surface area contributed by atoms with E-state index in [1.165, 1.54) is 5.56 Å². The molecule has 22 heavy (non-hydrogen) atoms. The van der Waals surface area contributed by atoms with E-state index in [4.69, 9.17) is 10.3 Å². The molecular weight excluding hydrogens is 298 g/mol. The summed E-state index contributed by atoms with van der Waals surface area (Å²) in [7, 11) is 0. The minimum absolute atomic E-state index is 0. The van der Waals surface area contributed by atoms with Crippen LogP contribution in [0, 0.1) is 12.8 Å². The van der Waals surface area contributed by atoms with Crippen molar-refractivity contribution in [1.29, 1.82) is 0 Å². The molecule has 0 amide bonds. The number of hydrogen-bond donors (Lipinski definition) is 1. The molecule has 0 aliphatic carbocycles. The Labute approximate surface area is 138 Å². The molecule has 120 valence electrons. The Kier molecular flexibility index (Phi) is 5.62. The minimum Gasteiger partial charge on any atom is -0.359 e. The van der Waals surface area contributed by atoms with Gasteiger partial charge in [-0.3, -0.25) is 4.90 Å². The van der Waals surface area contributed by atoms with Crippen molar-refractivity contribution >= 4 is 12.4 Å². The maximum atomic E-state index is 6.06. The van der Waals surface area contributed by atoms with Crippen molar-refractivity contribution in [3.63, 3.8) is 0 Å². The number of rotatable bonds is 3. The zero-order valence-corrected chi connectivity index (χ0v) is 14.0. The van der Waals surface area contributed by atoms with Crippen molar-refractivity contribution in [3.8, 4) is 11.3 Å². The van der Waals surface area contributed by atoms with Crippen LogP contribution in [0.4, 0.5) is 0 Å². The van der Waals surface area contributed by atoms with Gasteiger partial charge in [0, 0.05) is 30.8 Å². The number of halogens is 1. The zero-order chi connectivity index (χ0) is 14.8. The van der Waals surface area contributed by atoms with Gasteiger partial charge in [-0.25, -0.2) is 0 Å². The van der Waals surface area contributed by atoms with Gasteiger partial charge in [0.15, 0.2) is 5.76 Å². The predicted octanol–water partition coefficient (Wildman–Crippen LogP) is 3.24. The molecule has 2 aromatic rings. The molecule has 0 bridgehead atoms. The first-order valence-corrected chi connectivity index (χ1v) is 7.62. The topological polar surface area (TPSA) is 55.3 Å². The molecule has 2 unspecified atom stereocenters. The summed E-state index contributed by atoms with van der Waals surface area (Å²) in [5, 5.41) is 4.19. The zero-order valence-electron chi connectivity index (χ0n) is 13.2. The van der Waals surface area contributed by atoms with Gasteiger partial charge in [-0.2, -0.15) is 0 Å². The first kappa shape index (κ1) is 17.0. The first-order chi connectivity index (χ1) is 10.1. The number of benzene rings is 1. The fourth-order valence-electron chi connectivity index (χ4n) is 2.86. The molecule has 2 atom stereocenters. The second-order valence-electron chi connectivity index (χ2n) is 6.21. The van der Waals surface area contributed by atoms with Crippen LogP contribution in [0.5, 0.6) is 0 Å². The molecule has 0 radical (unpaired) electrons. The molecule has 2 N–H and O–H groups in total. The highest BCUT2D eigenvalue weighted by Gasteiger charge is 2.23. The molecule has 1 saturated heterocycles. The fraction of sp³-hybridized carbons (Fsp3) is 0.471. The Morgan fingerprint density at radius 1 is 1.32 bits per heavy atom. The molecule has 1 aromatic carbocycles. The number of aryl methyl sites for hydroxylation is 1. The van der Waals surface area contributed by atoms with Crippen molar-refractivity contribution in [2.24, 2.45) is 11.7 Å². The predicted molar refractivity (Wildman–Crippen MR) is 91.0 cm³/mol. The monoisotopic (exact) mass is 321 g/mol. The smallest absolute Gasteiger partial charge is 0.151 e. The summed E-state index contributed by atoms with van der Waals surface area (Å²) in [6.45, 7) is 7.18. The van der Waals surface area contributed by atoms with Crippen molar-refractivity contribution in [2.75, 3.05) is 13.1 Å². The summed E-state index contributed by atoms with van der Waals surface area (Å²) >= 11 is 0. The maximum Gasteiger partial charge on any atom is 0.151 e. The molecule has 2 heterocycles. The van der Waals surface area contributed by atoms with E-state index in [0.29, 0.717) is 12.0 Å². The number of aromatic nitrogens is 1. The average Bonchev–Trinajstić information content (AvgIpc) is 2.92. The summed E-state index contributed by atoms with van der Waals surface area (Å²) in [5.74, 6) is 1.46. The molecule has 0 saturated carbocycles. The van der Waals surface area contributed by atoms with E-state index in [-0.39, 0.29) is 12.4 Å². The molecule has 4 nitrogen and oxygen atoms in total. The summed E-state index contributed by atoms with van der Waals surface area (Å²) in [5.41, 5.74) is 9.33. The Morgan fingerprint density at radius 2 is 2.05 bits per heavy atom. The Bertz CT molecular complexity index is 596. The van der Waals surface area contributed by atoms with Gasteiger partial charge in [-0.05, 0) is 19.3 Å². The Hall–Kier alpha value is -1.36. The van der Waals surface area contributed by atoms with E-state index in [0.717, 1.165) is 43.1 Å². The van der Waals surface area contributed by atoms with Crippen LogP contribution in [0.15, 0.2) is 34.9 Å². The van der Waals surface area contributed by atoms with Gasteiger partial charge in [0.1, 0.15) is 5.69 Å². The molecule has 3 rings (SSSR count). The third-order valence-corrected chi connectivity index (χ3v) is 4.34. The normalized spacial score (nSPS) is 22.3. The van der Waals surface area contributed by atoms with Gasteiger partial charge in [-0.1, -0.05) is 41.9 Å². The van der Waals surface area contributed by atoms with E-state index in [1.807, 2.05) is 6.07 Å². The number of hydrogen-bond acceptors (Lipinski definition) is 4. The average molecular weight is 322 g/mol. The SMILES string of the molecule is Cc1ccc(-c2cc(CN3CCC(N)C(C)C3)on2)cc1.Cl. The first-order valence-electron chi connectivity index (χ1n) is 7.62. The van der Waals surface area contributed by atoms with Crippen LogP contribution in [-0.4, -0.2) is 29.2 Å². The lowest BCUT2D eigenvalue weighted by molar-refractivity contribution is 0.144. The third-order valence-electron chi connectivity index (χ3n) is 4.34. The molecule has 1 aromatic heterocycles. The lowest BCUT2D eigenvalue weighted by Gasteiger charge is -2.34. The Balaban J connectivity index is 0.00000176. The van der Waals surface area contributed by atoms with Crippen LogP contribution >= 0.6 is 12.4 Å². The van der Waals surface area contributed by atoms with Crippen LogP contribution in [0.2, 0.25) is 0 Å². The summed E-state index contributed by atoms with van der Waals surface area (Å²) in [6, 6.07) is 10.7. The van der Waals surface area contributed by atoms with Crippen molar-refractivity contribution < 1.29 is 4.52 Å². The number of nitrogens with two attached hydrogens (primary N) is 1. The second-order valence-corrected chi connectivity index (χ2v) is 6.21. The van der Waals surface area contributed by atoms with Gasteiger partial charge in [0.25, 0.3) is 0 Å². The third kappa shape index (κ3) is 3.88. The largest absolute Gasteiger partial charge is 0.359 e. The van der Waals surface area contributed by atoms with Crippen molar-refractivity contribution in [3.05, 3.63) is 41.7 Å². The lowest BCUT2D eigenvalue weighted by atomic mass is 9.95. The van der Waals surface area contributed by atoms with Crippen LogP contribution in [-0.2, 0) is 6.54 Å². The van der Waals surface area contributed by atoms with Gasteiger partial charge in [0.2, 0.25) is 0 Å². The van der Waals surface area contributed by atoms with Gasteiger partial charge in [0.05, 0.1) is 6.54 Å². The lowest BCUT2D eigenvalue weighted by Crippen LogP contribution is -2.45. The van der Waals surface area contributed by atoms with E-state index >= 15 is 0 Å². The van der Waals surface area contributed by atoms with Gasteiger partial charge in [-0.15, -0.1) is 12.4 Å². The molecule has 1 fully saturated rings. The maximum absolute atomic E-state index is 6.06. The van der Waals surface area contributed by atoms with Crippen molar-refractivity contribution in [2.45, 2.75) is 32.9 Å². The number of piperidine rings is 1. The minimum atomic E-state index is 0. The van der Waals surface area contributed by atoms with E-state index in [2.05, 4.69) is 48.2 Å². The van der Waals surface area contributed by atoms with E-state index < -0.39 is 0 Å². The Morgan fingerprint density at radius 3 is 2.73 bits per heavy atom. The van der Waals surface area contributed by atoms with E-state index in [9.17, 15) is 0 Å². The van der Waals surface area contributed by atoms with Crippen LogP contribution in [0.25, 0.3) is 11.3 Å². The highest BCUT2D eigenvalue weighted by Crippen LogP contribution is 2.22. The summed E-state index contributed by atoms with van der Waals surface area (Å²) in [4.78, 5) is 2.40. The van der Waals surface area contributed by atoms with Crippen LogP contribution in [0.3, 0.4) is 0 Å². The molecule has 0 spiro atoms. The highest BCUT2D eigenvalue weighted by molar-refractivity contribution is 5.85. The van der Waals surface area contributed by atoms with Crippen LogP contribution < -0.4 is 5.73 Å². The fourth-order valence-corrected chi connectivity index (χ4v) is 2.86. The summed E-state index contributed by atoms with van der Waals surface area (Å²) < 4.78 is 5.49. The quantitative estimate of drug-likeness (QED) is 0.943. The van der Waals surface area contributed by atoms with Crippen LogP contribution in [0.1, 0.15) is 24.7 Å². The van der Waals surface area contributed by atoms with Crippen molar-refractivity contribution in [1.82, 2.24) is 10.1 Å². The molecule has 1 aliphatic heterocycles. The molecule has 5 heteroatoms. The van der Waals surface area contributed by atoms with E-state index in [1.54, 1.807) is 0 Å². The number of likely N-dealkylation sites (tertiary alicyclic amines) is 1. The number of nitrogens with zero attached hydrogens (tertiary/aromatic N) is 2. The summed E-state index contributed by atoms with van der Waals surface area (Å²) in [6.07, 6.45) is 1.06. The second kappa shape index (κ2) is 7.27. The molecular formula is C17H24ClN3O. The van der Waals surface area contributed by atoms with Gasteiger partial charge < -0.3 is 10.3 Å².